The number of hydrogen-bond acceptors (Lipinski definition) is 3. The standard InChI is InChI=1S/C11H12N2O2/c12-11(13-15)10-6-4-9(5-7-10)3-1-2-8-14/h4-7,14-15H,2,8H2,(H2,12,13). The summed E-state index contributed by atoms with van der Waals surface area (Å²) < 4.78 is 0. The maximum Gasteiger partial charge on any atom is 0.170 e. The molecule has 0 heterocycles. The molecule has 0 saturated heterocycles. The molecular weight excluding hydrogens is 192 g/mol. The van der Waals surface area contributed by atoms with Gasteiger partial charge in [0.1, 0.15) is 0 Å². The molecule has 0 atom stereocenters. The van der Waals surface area contributed by atoms with E-state index in [1.165, 1.54) is 0 Å². The fraction of sp³-hybridized carbons (Fsp3) is 0.182. The molecule has 0 fully saturated rings. The van der Waals surface area contributed by atoms with Crippen molar-refractivity contribution in [2.45, 2.75) is 6.42 Å². The van der Waals surface area contributed by atoms with Gasteiger partial charge in [0.05, 0.1) is 6.61 Å². The van der Waals surface area contributed by atoms with E-state index in [1.54, 1.807) is 24.3 Å². The van der Waals surface area contributed by atoms with E-state index in [1.807, 2.05) is 0 Å². The average molecular weight is 204 g/mol. The number of amidine groups is 1. The van der Waals surface area contributed by atoms with Crippen LogP contribution < -0.4 is 5.73 Å². The molecule has 1 aromatic rings. The predicted molar refractivity (Wildman–Crippen MR) is 57.5 cm³/mol. The van der Waals surface area contributed by atoms with Crippen LogP contribution in [0.3, 0.4) is 0 Å². The number of hydrogen-bond donors (Lipinski definition) is 3. The summed E-state index contributed by atoms with van der Waals surface area (Å²) in [6.07, 6.45) is 0.460. The Labute approximate surface area is 88.0 Å². The highest BCUT2D eigenvalue weighted by Gasteiger charge is 1.96. The first-order valence-electron chi connectivity index (χ1n) is 4.45. The largest absolute Gasteiger partial charge is 0.409 e. The van der Waals surface area contributed by atoms with Crippen molar-refractivity contribution in [3.63, 3.8) is 0 Å². The summed E-state index contributed by atoms with van der Waals surface area (Å²) in [4.78, 5) is 0. The van der Waals surface area contributed by atoms with Crippen molar-refractivity contribution in [1.29, 1.82) is 0 Å². The van der Waals surface area contributed by atoms with Crippen LogP contribution in [0.1, 0.15) is 17.5 Å². The molecule has 4 heteroatoms. The number of oxime groups is 1. The van der Waals surface area contributed by atoms with Crippen LogP contribution >= 0.6 is 0 Å². The molecule has 0 amide bonds. The quantitative estimate of drug-likeness (QED) is 0.216. The molecule has 15 heavy (non-hydrogen) atoms. The lowest BCUT2D eigenvalue weighted by Gasteiger charge is -1.97. The van der Waals surface area contributed by atoms with Crippen LogP contribution in [0.2, 0.25) is 0 Å². The summed E-state index contributed by atoms with van der Waals surface area (Å²) in [5, 5.41) is 19.9. The highest BCUT2D eigenvalue weighted by Crippen LogP contribution is 2.02. The minimum absolute atomic E-state index is 0.0647. The van der Waals surface area contributed by atoms with E-state index in [2.05, 4.69) is 17.0 Å². The maximum atomic E-state index is 8.53. The summed E-state index contributed by atoms with van der Waals surface area (Å²) in [7, 11) is 0. The molecule has 78 valence electrons. The highest BCUT2D eigenvalue weighted by atomic mass is 16.4. The molecular formula is C11H12N2O2. The van der Waals surface area contributed by atoms with Gasteiger partial charge in [-0.2, -0.15) is 0 Å². The monoisotopic (exact) mass is 204 g/mol. The van der Waals surface area contributed by atoms with E-state index in [9.17, 15) is 0 Å². The van der Waals surface area contributed by atoms with Gasteiger partial charge in [-0.3, -0.25) is 0 Å². The molecule has 0 saturated carbocycles. The molecule has 0 spiro atoms. The highest BCUT2D eigenvalue weighted by molar-refractivity contribution is 5.97. The summed E-state index contributed by atoms with van der Waals surface area (Å²) >= 11 is 0. The van der Waals surface area contributed by atoms with Crippen LogP contribution in [0, 0.1) is 11.8 Å². The van der Waals surface area contributed by atoms with Gasteiger partial charge < -0.3 is 16.0 Å². The van der Waals surface area contributed by atoms with Gasteiger partial charge in [0.15, 0.2) is 5.84 Å². The topological polar surface area (TPSA) is 78.8 Å². The molecule has 1 aromatic carbocycles. The molecule has 0 unspecified atom stereocenters. The minimum Gasteiger partial charge on any atom is -0.409 e. The first kappa shape index (κ1) is 11.1. The van der Waals surface area contributed by atoms with E-state index < -0.39 is 0 Å². The van der Waals surface area contributed by atoms with E-state index in [4.69, 9.17) is 16.0 Å². The molecule has 0 aliphatic heterocycles. The lowest BCUT2D eigenvalue weighted by atomic mass is 10.1. The number of nitrogens with zero attached hydrogens (tertiary/aromatic N) is 1. The van der Waals surface area contributed by atoms with Crippen molar-refractivity contribution in [2.24, 2.45) is 10.9 Å². The lowest BCUT2D eigenvalue weighted by Crippen LogP contribution is -2.12. The van der Waals surface area contributed by atoms with Crippen LogP contribution in [-0.4, -0.2) is 22.8 Å². The van der Waals surface area contributed by atoms with Crippen LogP contribution in [0.4, 0.5) is 0 Å². The van der Waals surface area contributed by atoms with Gasteiger partial charge in [-0.15, -0.1) is 0 Å². The Bertz CT molecular complexity index is 399. The van der Waals surface area contributed by atoms with Crippen LogP contribution in [-0.2, 0) is 0 Å². The van der Waals surface area contributed by atoms with Gasteiger partial charge in [-0.05, 0) is 24.3 Å². The van der Waals surface area contributed by atoms with E-state index in [-0.39, 0.29) is 12.4 Å². The fourth-order valence-corrected chi connectivity index (χ4v) is 1.00. The Hall–Kier alpha value is -1.99. The smallest absolute Gasteiger partial charge is 0.170 e. The minimum atomic E-state index is 0.0647. The lowest BCUT2D eigenvalue weighted by molar-refractivity contribution is 0.305. The first-order valence-corrected chi connectivity index (χ1v) is 4.45. The summed E-state index contributed by atoms with van der Waals surface area (Å²) in [6, 6.07) is 6.99. The average Bonchev–Trinajstić information content (AvgIpc) is 2.29. The number of rotatable bonds is 2. The SMILES string of the molecule is NC(=NO)c1ccc(C#CCCO)cc1. The third-order valence-electron chi connectivity index (χ3n) is 1.76. The second-order valence-electron chi connectivity index (χ2n) is 2.84. The van der Waals surface area contributed by atoms with Gasteiger partial charge in [0, 0.05) is 17.5 Å². The molecule has 4 N–H and O–H groups in total. The van der Waals surface area contributed by atoms with Crippen molar-refractivity contribution in [3.05, 3.63) is 35.4 Å². The maximum absolute atomic E-state index is 8.53. The second-order valence-corrected chi connectivity index (χ2v) is 2.84. The van der Waals surface area contributed by atoms with Gasteiger partial charge in [-0.25, -0.2) is 0 Å². The number of aliphatic hydroxyl groups is 1. The van der Waals surface area contributed by atoms with Gasteiger partial charge in [0.25, 0.3) is 0 Å². The zero-order valence-electron chi connectivity index (χ0n) is 8.14. The second kappa shape index (κ2) is 5.68. The number of benzene rings is 1. The zero-order chi connectivity index (χ0) is 11.1. The molecule has 1 rings (SSSR count). The molecule has 0 aliphatic carbocycles. The van der Waals surface area contributed by atoms with E-state index >= 15 is 0 Å². The van der Waals surface area contributed by atoms with Crippen LogP contribution in [0.25, 0.3) is 0 Å². The summed E-state index contributed by atoms with van der Waals surface area (Å²) in [5.41, 5.74) is 6.87. The third-order valence-corrected chi connectivity index (χ3v) is 1.76. The first-order chi connectivity index (χ1) is 7.27. The third kappa shape index (κ3) is 3.33. The Kier molecular flexibility index (Phi) is 4.20. The van der Waals surface area contributed by atoms with Crippen LogP contribution in [0.5, 0.6) is 0 Å². The van der Waals surface area contributed by atoms with E-state index in [0.717, 1.165) is 5.56 Å². The Morgan fingerprint density at radius 1 is 1.33 bits per heavy atom. The van der Waals surface area contributed by atoms with Crippen molar-refractivity contribution in [1.82, 2.24) is 0 Å². The van der Waals surface area contributed by atoms with Crippen LogP contribution in [0.15, 0.2) is 29.4 Å². The summed E-state index contributed by atoms with van der Waals surface area (Å²) in [6.45, 7) is 0.0647. The molecule has 0 radical (unpaired) electrons. The molecule has 0 aliphatic rings. The summed E-state index contributed by atoms with van der Waals surface area (Å²) in [5.74, 6) is 5.75. The zero-order valence-corrected chi connectivity index (χ0v) is 8.14. The predicted octanol–water partition coefficient (Wildman–Crippen LogP) is 0.515. The van der Waals surface area contributed by atoms with Crippen molar-refractivity contribution < 1.29 is 10.3 Å². The fourth-order valence-electron chi connectivity index (χ4n) is 1.00. The van der Waals surface area contributed by atoms with E-state index in [0.29, 0.717) is 12.0 Å². The van der Waals surface area contributed by atoms with Gasteiger partial charge in [-0.1, -0.05) is 17.0 Å². The number of aliphatic hydroxyl groups excluding tert-OH is 1. The molecule has 4 nitrogen and oxygen atoms in total. The Balaban J connectivity index is 2.78. The van der Waals surface area contributed by atoms with Gasteiger partial charge in [0.2, 0.25) is 0 Å². The molecule has 0 aromatic heterocycles. The Morgan fingerprint density at radius 3 is 2.53 bits per heavy atom. The Morgan fingerprint density at radius 2 is 2.00 bits per heavy atom. The normalized spacial score (nSPS) is 10.6. The van der Waals surface area contributed by atoms with Gasteiger partial charge >= 0.3 is 0 Å². The molecule has 0 bridgehead atoms. The van der Waals surface area contributed by atoms with Crippen molar-refractivity contribution >= 4 is 5.84 Å². The van der Waals surface area contributed by atoms with Crippen molar-refractivity contribution in [2.75, 3.05) is 6.61 Å². The van der Waals surface area contributed by atoms with Crippen molar-refractivity contribution in [3.8, 4) is 11.8 Å². The number of nitrogens with two attached hydrogens (primary N) is 1.